The number of esters is 1. The summed E-state index contributed by atoms with van der Waals surface area (Å²) < 4.78 is 14.7. The number of aliphatic hydroxyl groups excluding tert-OH is 1. The van der Waals surface area contributed by atoms with Crippen molar-refractivity contribution in [1.82, 2.24) is 29.7 Å². The van der Waals surface area contributed by atoms with Crippen LogP contribution in [0.25, 0.3) is 11.0 Å². The number of para-hydroxylation sites is 1. The zero-order valence-corrected chi connectivity index (χ0v) is 27.7. The smallest absolute Gasteiger partial charge is 0.313 e. The van der Waals surface area contributed by atoms with Gasteiger partial charge in [-0.1, -0.05) is 72.0 Å². The molecule has 13 nitrogen and oxygen atoms in total. The summed E-state index contributed by atoms with van der Waals surface area (Å²) >= 11 is 0. The Morgan fingerprint density at radius 3 is 2.55 bits per heavy atom. The lowest BCUT2D eigenvalue weighted by Gasteiger charge is -2.37. The van der Waals surface area contributed by atoms with Gasteiger partial charge in [-0.25, -0.2) is 4.68 Å². The van der Waals surface area contributed by atoms with Crippen molar-refractivity contribution in [3.05, 3.63) is 84.5 Å². The van der Waals surface area contributed by atoms with E-state index in [4.69, 9.17) is 9.47 Å². The fourth-order valence-electron chi connectivity index (χ4n) is 7.75. The van der Waals surface area contributed by atoms with E-state index in [0.29, 0.717) is 17.5 Å². The Hall–Kier alpha value is -4.88. The predicted octanol–water partition coefficient (Wildman–Crippen LogP) is 2.23. The van der Waals surface area contributed by atoms with E-state index < -0.39 is 72.2 Å². The molecule has 0 unspecified atom stereocenters. The van der Waals surface area contributed by atoms with E-state index in [9.17, 15) is 24.3 Å². The summed E-state index contributed by atoms with van der Waals surface area (Å²) in [7, 11) is 1.69. The van der Waals surface area contributed by atoms with Crippen LogP contribution in [0.4, 0.5) is 0 Å². The highest BCUT2D eigenvalue weighted by Gasteiger charge is 2.72. The Balaban J connectivity index is 1.29. The van der Waals surface area contributed by atoms with E-state index in [0.717, 1.165) is 5.52 Å². The highest BCUT2D eigenvalue weighted by Crippen LogP contribution is 2.54. The van der Waals surface area contributed by atoms with Gasteiger partial charge in [0.25, 0.3) is 5.91 Å². The Bertz CT molecular complexity index is 1830. The average molecular weight is 669 g/mol. The third-order valence-corrected chi connectivity index (χ3v) is 10.4. The van der Waals surface area contributed by atoms with Crippen LogP contribution in [0.15, 0.2) is 78.9 Å². The molecule has 5 heterocycles. The average Bonchev–Trinajstić information content (AvgIpc) is 3.72. The Labute approximate surface area is 283 Å². The van der Waals surface area contributed by atoms with Crippen LogP contribution in [0.2, 0.25) is 0 Å². The summed E-state index contributed by atoms with van der Waals surface area (Å²) in [6.07, 6.45) is 5.89. The Morgan fingerprint density at radius 2 is 1.78 bits per heavy atom. The van der Waals surface area contributed by atoms with Crippen LogP contribution >= 0.6 is 0 Å². The van der Waals surface area contributed by atoms with Gasteiger partial charge in [0, 0.05) is 20.0 Å². The van der Waals surface area contributed by atoms with Gasteiger partial charge in [0.1, 0.15) is 35.9 Å². The van der Waals surface area contributed by atoms with Gasteiger partial charge >= 0.3 is 5.97 Å². The van der Waals surface area contributed by atoms with Crippen LogP contribution < -0.4 is 0 Å². The summed E-state index contributed by atoms with van der Waals surface area (Å²) in [5.74, 6) is -3.87. The van der Waals surface area contributed by atoms with Crippen LogP contribution in [0, 0.1) is 11.8 Å². The number of likely N-dealkylation sites (N-methyl/N-ethyl adjacent to an activating group) is 1. The van der Waals surface area contributed by atoms with Gasteiger partial charge in [-0.3, -0.25) is 19.2 Å². The molecule has 2 aromatic carbocycles. The molecule has 49 heavy (non-hydrogen) atoms. The molecule has 2 saturated heterocycles. The zero-order chi connectivity index (χ0) is 34.4. The largest absolute Gasteiger partial charge is 0.455 e. The second-order valence-corrected chi connectivity index (χ2v) is 13.3. The minimum Gasteiger partial charge on any atom is -0.455 e. The molecule has 1 N–H and O–H groups in total. The number of hydrogen-bond acceptors (Lipinski definition) is 9. The van der Waals surface area contributed by atoms with Crippen LogP contribution in [-0.2, 0) is 35.3 Å². The summed E-state index contributed by atoms with van der Waals surface area (Å²) in [6.45, 7) is 3.34. The Morgan fingerprint density at radius 1 is 1.02 bits per heavy atom. The van der Waals surface area contributed by atoms with Gasteiger partial charge in [-0.05, 0) is 38.0 Å². The number of ether oxygens (including phenoxy) is 2. The second-order valence-electron chi connectivity index (χ2n) is 13.3. The summed E-state index contributed by atoms with van der Waals surface area (Å²) in [5, 5.41) is 18.8. The number of rotatable bonds is 5. The lowest BCUT2D eigenvalue weighted by Crippen LogP contribution is -2.57. The van der Waals surface area contributed by atoms with E-state index in [1.54, 1.807) is 52.8 Å². The van der Waals surface area contributed by atoms with E-state index in [2.05, 4.69) is 10.3 Å². The minimum absolute atomic E-state index is 0.0590. The summed E-state index contributed by atoms with van der Waals surface area (Å²) in [6, 6.07) is 14.2. The number of carbonyl (C=O) groups is 4. The second kappa shape index (κ2) is 12.9. The molecular formula is C36H40N6O7. The van der Waals surface area contributed by atoms with Crippen molar-refractivity contribution in [3.63, 3.8) is 0 Å². The van der Waals surface area contributed by atoms with Crippen LogP contribution in [0.3, 0.4) is 0 Å². The molecule has 256 valence electrons. The third kappa shape index (κ3) is 5.41. The van der Waals surface area contributed by atoms with Crippen molar-refractivity contribution >= 4 is 34.7 Å². The van der Waals surface area contributed by atoms with Crippen LogP contribution in [0.5, 0.6) is 0 Å². The maximum absolute atomic E-state index is 14.7. The zero-order valence-electron chi connectivity index (χ0n) is 27.7. The number of nitrogens with zero attached hydrogens (tertiary/aromatic N) is 6. The normalized spacial score (nSPS) is 31.8. The van der Waals surface area contributed by atoms with E-state index in [-0.39, 0.29) is 25.5 Å². The molecular weight excluding hydrogens is 628 g/mol. The number of benzene rings is 2. The number of aromatic nitrogens is 3. The van der Waals surface area contributed by atoms with Gasteiger partial charge < -0.3 is 29.3 Å². The van der Waals surface area contributed by atoms with Crippen molar-refractivity contribution in [3.8, 4) is 0 Å². The highest BCUT2D eigenvalue weighted by atomic mass is 16.6. The van der Waals surface area contributed by atoms with Gasteiger partial charge in [-0.15, -0.1) is 5.10 Å². The van der Waals surface area contributed by atoms with E-state index in [1.807, 2.05) is 61.5 Å². The monoisotopic (exact) mass is 668 g/mol. The molecule has 7 rings (SSSR count). The topological polar surface area (TPSA) is 147 Å². The van der Waals surface area contributed by atoms with Crippen molar-refractivity contribution < 1.29 is 33.8 Å². The molecule has 1 spiro atoms. The first-order valence-electron chi connectivity index (χ1n) is 16.7. The maximum atomic E-state index is 14.7. The number of likely N-dealkylation sites (tertiary alicyclic amines) is 1. The molecule has 13 heteroatoms. The SMILES string of the molecule is C[C@@H]1[C@@H](c2ccccc2)OC(=O)[C@@H]2[C@H]3C(=O)N([C@H](C)CO)[C@@H]4C(=O)N(Cn5nnc6ccccc65)CC=C[C@]34O[C@@H]2/C=C\CCC(=O)N1C. The first kappa shape index (κ1) is 32.7. The molecule has 1 aromatic heterocycles. The van der Waals surface area contributed by atoms with Crippen molar-refractivity contribution in [2.45, 2.75) is 69.3 Å². The molecule has 0 radical (unpaired) electrons. The van der Waals surface area contributed by atoms with Gasteiger partial charge in [0.15, 0.2) is 0 Å². The molecule has 0 bridgehead atoms. The van der Waals surface area contributed by atoms with Gasteiger partial charge in [0.05, 0.1) is 36.2 Å². The van der Waals surface area contributed by atoms with Crippen LogP contribution in [0.1, 0.15) is 38.4 Å². The van der Waals surface area contributed by atoms with Crippen molar-refractivity contribution in [1.29, 1.82) is 0 Å². The lowest BCUT2D eigenvalue weighted by molar-refractivity contribution is -0.164. The lowest BCUT2D eigenvalue weighted by atomic mass is 9.77. The highest BCUT2D eigenvalue weighted by molar-refractivity contribution is 5.99. The molecule has 4 aliphatic heterocycles. The molecule has 2 fully saturated rings. The first-order chi connectivity index (χ1) is 23.7. The number of cyclic esters (lactones) is 1. The van der Waals surface area contributed by atoms with E-state index in [1.165, 1.54) is 4.90 Å². The number of hydrogen-bond donors (Lipinski definition) is 1. The standard InChI is InChI=1S/C36H40N6O7/c1-22(20-43)42-32-34(46)40(21-41-26-15-8-7-14-25(26)37-38-41)19-11-18-36(32)30(33(42)45)29-27(49-36)16-9-10-17-28(44)39(3)23(2)31(48-35(29)47)24-12-5-4-6-13-24/h4-9,11-16,18,22-23,27,29-32,43H,10,17,19-21H2,1-3H3/b16-9-/t22-,23-,27-,29+,30+,31+,32-,36+/m1/s1. The predicted molar refractivity (Wildman–Crippen MR) is 176 cm³/mol. The number of allylic oxidation sites excluding steroid dienone is 1. The number of aliphatic hydroxyl groups is 1. The van der Waals surface area contributed by atoms with Crippen molar-refractivity contribution in [2.75, 3.05) is 20.2 Å². The van der Waals surface area contributed by atoms with Gasteiger partial charge in [0.2, 0.25) is 11.8 Å². The summed E-state index contributed by atoms with van der Waals surface area (Å²) in [4.78, 5) is 61.4. The molecule has 3 aromatic rings. The molecule has 0 saturated carbocycles. The minimum atomic E-state index is -1.53. The quantitative estimate of drug-likeness (QED) is 0.319. The number of fused-ring (bicyclic) bond motifs is 3. The Kier molecular flexibility index (Phi) is 8.57. The third-order valence-electron chi connectivity index (χ3n) is 10.4. The molecule has 3 amide bonds. The first-order valence-corrected chi connectivity index (χ1v) is 16.7. The molecule has 0 aliphatic carbocycles. The number of carbonyl (C=O) groups excluding carboxylic acids is 4. The van der Waals surface area contributed by atoms with Gasteiger partial charge in [-0.2, -0.15) is 0 Å². The molecule has 8 atom stereocenters. The number of amides is 3. The fourth-order valence-corrected chi connectivity index (χ4v) is 7.75. The molecule has 4 aliphatic rings. The fraction of sp³-hybridized carbons (Fsp3) is 0.444. The van der Waals surface area contributed by atoms with Crippen molar-refractivity contribution in [2.24, 2.45) is 11.8 Å². The summed E-state index contributed by atoms with van der Waals surface area (Å²) in [5.41, 5.74) is 0.593. The van der Waals surface area contributed by atoms with E-state index >= 15 is 0 Å². The maximum Gasteiger partial charge on any atom is 0.313 e. The van der Waals surface area contributed by atoms with Crippen LogP contribution in [-0.4, -0.2) is 109 Å².